The number of aromatic nitrogens is 2. The number of amides is 1. The number of nitrogens with one attached hydrogen (secondary N) is 1. The molecule has 0 fully saturated rings. The average molecular weight is 339 g/mol. The lowest BCUT2D eigenvalue weighted by Gasteiger charge is -2.05. The van der Waals surface area contributed by atoms with Gasteiger partial charge < -0.3 is 4.74 Å². The zero-order chi connectivity index (χ0) is 16.9. The van der Waals surface area contributed by atoms with Crippen LogP contribution in [-0.4, -0.2) is 23.2 Å². The van der Waals surface area contributed by atoms with Crippen LogP contribution in [0.1, 0.15) is 26.5 Å². The van der Waals surface area contributed by atoms with Crippen molar-refractivity contribution >= 4 is 22.4 Å². The van der Waals surface area contributed by atoms with Crippen LogP contribution in [0, 0.1) is 6.92 Å². The maximum Gasteiger partial charge on any atom is 0.257 e. The number of hydrogen-bond donors (Lipinski definition) is 1. The van der Waals surface area contributed by atoms with E-state index in [1.165, 1.54) is 11.3 Å². The third-order valence-corrected chi connectivity index (χ3v) is 4.45. The summed E-state index contributed by atoms with van der Waals surface area (Å²) in [5.41, 5.74) is 2.60. The lowest BCUT2D eigenvalue weighted by molar-refractivity contribution is 0.102. The first-order valence-electron chi connectivity index (χ1n) is 7.48. The van der Waals surface area contributed by atoms with E-state index < -0.39 is 0 Å². The minimum absolute atomic E-state index is 0.173. The highest BCUT2D eigenvalue weighted by molar-refractivity contribution is 7.15. The van der Waals surface area contributed by atoms with E-state index in [-0.39, 0.29) is 5.91 Å². The van der Waals surface area contributed by atoms with Gasteiger partial charge in [-0.3, -0.25) is 10.1 Å². The molecule has 1 N–H and O–H groups in total. The predicted molar refractivity (Wildman–Crippen MR) is 94.8 cm³/mol. The summed E-state index contributed by atoms with van der Waals surface area (Å²) in [6, 6.07) is 15.2. The number of aryl methyl sites for hydroxylation is 1. The Labute approximate surface area is 144 Å². The number of anilines is 1. The highest BCUT2D eigenvalue weighted by atomic mass is 32.1. The van der Waals surface area contributed by atoms with E-state index in [9.17, 15) is 4.79 Å². The molecule has 0 spiro atoms. The molecule has 0 saturated heterocycles. The molecule has 0 saturated carbocycles. The van der Waals surface area contributed by atoms with Gasteiger partial charge >= 0.3 is 0 Å². The summed E-state index contributed by atoms with van der Waals surface area (Å²) < 4.78 is 5.35. The fourth-order valence-corrected chi connectivity index (χ4v) is 3.14. The van der Waals surface area contributed by atoms with Gasteiger partial charge in [-0.25, -0.2) is 0 Å². The van der Waals surface area contributed by atoms with Gasteiger partial charge in [0.05, 0.1) is 7.11 Å². The third kappa shape index (κ3) is 3.60. The van der Waals surface area contributed by atoms with Crippen LogP contribution in [-0.2, 0) is 6.42 Å². The minimum atomic E-state index is -0.173. The minimum Gasteiger partial charge on any atom is -0.496 e. The zero-order valence-corrected chi connectivity index (χ0v) is 14.3. The molecule has 0 unspecified atom stereocenters. The fraction of sp³-hybridized carbons (Fsp3) is 0.167. The Kier molecular flexibility index (Phi) is 4.86. The molecule has 0 aliphatic rings. The Morgan fingerprint density at radius 1 is 1.12 bits per heavy atom. The number of benzene rings is 2. The first kappa shape index (κ1) is 16.1. The van der Waals surface area contributed by atoms with Crippen molar-refractivity contribution in [3.63, 3.8) is 0 Å². The molecule has 1 aromatic heterocycles. The second-order valence-electron chi connectivity index (χ2n) is 5.26. The molecule has 3 rings (SSSR count). The number of methoxy groups -OCH3 is 1. The average Bonchev–Trinajstić information content (AvgIpc) is 3.02. The molecular formula is C18H17N3O2S. The Morgan fingerprint density at radius 3 is 2.67 bits per heavy atom. The molecule has 1 heterocycles. The van der Waals surface area contributed by atoms with Crippen molar-refractivity contribution in [3.8, 4) is 5.75 Å². The van der Waals surface area contributed by atoms with Crippen LogP contribution in [0.25, 0.3) is 0 Å². The predicted octanol–water partition coefficient (Wildman–Crippen LogP) is 3.70. The van der Waals surface area contributed by atoms with Crippen LogP contribution in [0.5, 0.6) is 5.75 Å². The zero-order valence-electron chi connectivity index (χ0n) is 13.4. The Morgan fingerprint density at radius 2 is 1.88 bits per heavy atom. The molecule has 6 heteroatoms. The van der Waals surface area contributed by atoms with Crippen LogP contribution in [0.3, 0.4) is 0 Å². The number of rotatable bonds is 5. The van der Waals surface area contributed by atoms with Crippen molar-refractivity contribution in [2.75, 3.05) is 12.4 Å². The topological polar surface area (TPSA) is 64.1 Å². The van der Waals surface area contributed by atoms with Gasteiger partial charge in [0.25, 0.3) is 5.91 Å². The summed E-state index contributed by atoms with van der Waals surface area (Å²) in [5.74, 6) is 0.645. The van der Waals surface area contributed by atoms with E-state index in [1.54, 1.807) is 13.2 Å². The summed E-state index contributed by atoms with van der Waals surface area (Å²) in [4.78, 5) is 12.3. The van der Waals surface area contributed by atoms with E-state index in [0.717, 1.165) is 21.9 Å². The third-order valence-electron chi connectivity index (χ3n) is 3.61. The second kappa shape index (κ2) is 7.23. The van der Waals surface area contributed by atoms with Crippen LogP contribution in [0.2, 0.25) is 0 Å². The van der Waals surface area contributed by atoms with Gasteiger partial charge in [0.2, 0.25) is 5.13 Å². The van der Waals surface area contributed by atoms with Crippen molar-refractivity contribution in [3.05, 3.63) is 70.2 Å². The van der Waals surface area contributed by atoms with Gasteiger partial charge in [-0.05, 0) is 24.6 Å². The number of hydrogen-bond acceptors (Lipinski definition) is 5. The molecule has 122 valence electrons. The van der Waals surface area contributed by atoms with E-state index in [4.69, 9.17) is 4.74 Å². The van der Waals surface area contributed by atoms with E-state index in [1.807, 2.05) is 49.4 Å². The summed E-state index contributed by atoms with van der Waals surface area (Å²) in [6.07, 6.45) is 0.613. The molecule has 5 nitrogen and oxygen atoms in total. The molecule has 0 atom stereocenters. The lowest BCUT2D eigenvalue weighted by atomic mass is 10.1. The Bertz CT molecular complexity index is 861. The highest BCUT2D eigenvalue weighted by Gasteiger charge is 2.13. The SMILES string of the molecule is COc1ccccc1Cc1nnc(NC(=O)c2ccccc2C)s1. The van der Waals surface area contributed by atoms with E-state index in [0.29, 0.717) is 17.1 Å². The van der Waals surface area contributed by atoms with Crippen molar-refractivity contribution in [2.24, 2.45) is 0 Å². The molecule has 0 aliphatic heterocycles. The van der Waals surface area contributed by atoms with Crippen LogP contribution >= 0.6 is 11.3 Å². The van der Waals surface area contributed by atoms with Gasteiger partial charge in [-0.1, -0.05) is 47.7 Å². The smallest absolute Gasteiger partial charge is 0.257 e. The molecule has 3 aromatic rings. The second-order valence-corrected chi connectivity index (χ2v) is 6.32. The van der Waals surface area contributed by atoms with Gasteiger partial charge in [-0.15, -0.1) is 10.2 Å². The first-order chi connectivity index (χ1) is 11.7. The molecule has 0 aliphatic carbocycles. The van der Waals surface area contributed by atoms with Crippen molar-refractivity contribution in [2.45, 2.75) is 13.3 Å². The van der Waals surface area contributed by atoms with Crippen molar-refractivity contribution in [1.82, 2.24) is 10.2 Å². The first-order valence-corrected chi connectivity index (χ1v) is 8.30. The molecule has 2 aromatic carbocycles. The number of carbonyl (C=O) groups excluding carboxylic acids is 1. The summed E-state index contributed by atoms with van der Waals surface area (Å²) in [5, 5.41) is 12.3. The number of para-hydroxylation sites is 1. The van der Waals surface area contributed by atoms with Crippen LogP contribution in [0.15, 0.2) is 48.5 Å². The molecule has 1 amide bonds. The monoisotopic (exact) mass is 339 g/mol. The summed E-state index contributed by atoms with van der Waals surface area (Å²) in [7, 11) is 1.65. The largest absolute Gasteiger partial charge is 0.496 e. The fourth-order valence-electron chi connectivity index (χ4n) is 2.38. The van der Waals surface area contributed by atoms with Gasteiger partial charge in [0, 0.05) is 17.5 Å². The van der Waals surface area contributed by atoms with Crippen LogP contribution < -0.4 is 10.1 Å². The highest BCUT2D eigenvalue weighted by Crippen LogP contribution is 2.24. The number of carbonyl (C=O) groups is 1. The molecular weight excluding hydrogens is 322 g/mol. The Hall–Kier alpha value is -2.73. The standard InChI is InChI=1S/C18H17N3O2S/c1-12-7-3-5-9-14(12)17(22)19-18-21-20-16(24-18)11-13-8-4-6-10-15(13)23-2/h3-10H,11H2,1-2H3,(H,19,21,22). The molecule has 24 heavy (non-hydrogen) atoms. The van der Waals surface area contributed by atoms with E-state index >= 15 is 0 Å². The van der Waals surface area contributed by atoms with E-state index in [2.05, 4.69) is 15.5 Å². The quantitative estimate of drug-likeness (QED) is 0.770. The van der Waals surface area contributed by atoms with Crippen LogP contribution in [0.4, 0.5) is 5.13 Å². The van der Waals surface area contributed by atoms with Crippen molar-refractivity contribution < 1.29 is 9.53 Å². The van der Waals surface area contributed by atoms with Crippen molar-refractivity contribution in [1.29, 1.82) is 0 Å². The summed E-state index contributed by atoms with van der Waals surface area (Å²) >= 11 is 1.37. The normalized spacial score (nSPS) is 10.4. The molecule has 0 bridgehead atoms. The van der Waals surface area contributed by atoms with Gasteiger partial charge in [-0.2, -0.15) is 0 Å². The lowest BCUT2D eigenvalue weighted by Crippen LogP contribution is -2.12. The number of ether oxygens (including phenoxy) is 1. The van der Waals surface area contributed by atoms with Gasteiger partial charge in [0.1, 0.15) is 10.8 Å². The maximum absolute atomic E-state index is 12.3. The Balaban J connectivity index is 1.72. The molecule has 0 radical (unpaired) electrons. The van der Waals surface area contributed by atoms with Gasteiger partial charge in [0.15, 0.2) is 0 Å². The summed E-state index contributed by atoms with van der Waals surface area (Å²) in [6.45, 7) is 1.90. The number of nitrogens with zero attached hydrogens (tertiary/aromatic N) is 2. The maximum atomic E-state index is 12.3.